The Bertz CT molecular complexity index is 556. The first-order valence-corrected chi connectivity index (χ1v) is 8.63. The molecule has 0 aromatic heterocycles. The van der Waals surface area contributed by atoms with E-state index in [-0.39, 0.29) is 0 Å². The fourth-order valence-electron chi connectivity index (χ4n) is 2.36. The van der Waals surface area contributed by atoms with Gasteiger partial charge in [-0.3, -0.25) is 0 Å². The summed E-state index contributed by atoms with van der Waals surface area (Å²) < 4.78 is 6.91. The highest BCUT2D eigenvalue weighted by molar-refractivity contribution is 9.10. The fourth-order valence-corrected chi connectivity index (χ4v) is 2.97. The molecule has 0 aliphatic carbocycles. The van der Waals surface area contributed by atoms with E-state index in [0.29, 0.717) is 6.61 Å². The molecule has 2 rings (SSSR count). The molecule has 0 radical (unpaired) electrons. The number of unbranched alkanes of at least 4 members (excludes halogenated alkanes) is 3. The van der Waals surface area contributed by atoms with Gasteiger partial charge in [0.25, 0.3) is 0 Å². The van der Waals surface area contributed by atoms with Gasteiger partial charge < -0.3 is 10.1 Å². The molecule has 0 saturated heterocycles. The first kappa shape index (κ1) is 16.3. The minimum Gasteiger partial charge on any atom is -0.491 e. The Morgan fingerprint density at radius 2 is 1.86 bits per heavy atom. The third-order valence-corrected chi connectivity index (χ3v) is 4.39. The molecule has 114 valence electrons. The van der Waals surface area contributed by atoms with E-state index < -0.39 is 0 Å². The summed E-state index contributed by atoms with van der Waals surface area (Å²) >= 11 is 3.65. The number of hydrogen-bond acceptors (Lipinski definition) is 2. The monoisotopic (exact) mass is 349 g/mol. The second kappa shape index (κ2) is 9.06. The van der Waals surface area contributed by atoms with Gasteiger partial charge in [0.2, 0.25) is 0 Å². The summed E-state index contributed by atoms with van der Waals surface area (Å²) in [6.07, 6.45) is 5.20. The number of fused-ring (bicyclic) bond motifs is 1. The molecule has 0 saturated carbocycles. The van der Waals surface area contributed by atoms with Crippen LogP contribution in [-0.2, 0) is 0 Å². The highest BCUT2D eigenvalue weighted by Crippen LogP contribution is 2.32. The van der Waals surface area contributed by atoms with Crippen LogP contribution in [0.15, 0.2) is 40.9 Å². The molecule has 0 atom stereocenters. The van der Waals surface area contributed by atoms with E-state index in [1.807, 2.05) is 6.07 Å². The van der Waals surface area contributed by atoms with Gasteiger partial charge in [-0.15, -0.1) is 0 Å². The van der Waals surface area contributed by atoms with E-state index in [2.05, 4.69) is 58.5 Å². The van der Waals surface area contributed by atoms with Crippen LogP contribution >= 0.6 is 15.9 Å². The zero-order valence-electron chi connectivity index (χ0n) is 12.7. The number of nitrogens with one attached hydrogen (secondary N) is 1. The maximum absolute atomic E-state index is 5.86. The van der Waals surface area contributed by atoms with Crippen LogP contribution in [0.3, 0.4) is 0 Å². The Balaban J connectivity index is 1.75. The lowest BCUT2D eigenvalue weighted by Crippen LogP contribution is -2.22. The average Bonchev–Trinajstić information content (AvgIpc) is 2.52. The fraction of sp³-hybridized carbons (Fsp3) is 0.444. The van der Waals surface area contributed by atoms with Crippen molar-refractivity contribution in [3.8, 4) is 5.75 Å². The van der Waals surface area contributed by atoms with Crippen molar-refractivity contribution in [3.05, 3.63) is 40.9 Å². The predicted octanol–water partition coefficient (Wildman–Crippen LogP) is 5.15. The van der Waals surface area contributed by atoms with Crippen molar-refractivity contribution in [1.82, 2.24) is 5.32 Å². The topological polar surface area (TPSA) is 21.3 Å². The van der Waals surface area contributed by atoms with Crippen LogP contribution in [0.1, 0.15) is 32.6 Å². The second-order valence-electron chi connectivity index (χ2n) is 5.26. The van der Waals surface area contributed by atoms with Crippen molar-refractivity contribution in [3.63, 3.8) is 0 Å². The summed E-state index contributed by atoms with van der Waals surface area (Å²) in [6, 6.07) is 12.5. The lowest BCUT2D eigenvalue weighted by Gasteiger charge is -2.11. The molecule has 1 N–H and O–H groups in total. The van der Waals surface area contributed by atoms with Crippen molar-refractivity contribution in [1.29, 1.82) is 0 Å². The van der Waals surface area contributed by atoms with E-state index >= 15 is 0 Å². The van der Waals surface area contributed by atoms with E-state index in [9.17, 15) is 0 Å². The predicted molar refractivity (Wildman–Crippen MR) is 94.2 cm³/mol. The quantitative estimate of drug-likeness (QED) is 0.632. The average molecular weight is 350 g/mol. The van der Waals surface area contributed by atoms with Crippen molar-refractivity contribution >= 4 is 26.7 Å². The van der Waals surface area contributed by atoms with E-state index in [1.165, 1.54) is 36.5 Å². The van der Waals surface area contributed by atoms with Crippen LogP contribution in [0.2, 0.25) is 0 Å². The van der Waals surface area contributed by atoms with Gasteiger partial charge in [0, 0.05) is 6.54 Å². The van der Waals surface area contributed by atoms with Gasteiger partial charge in [0.1, 0.15) is 12.4 Å². The van der Waals surface area contributed by atoms with Gasteiger partial charge in [-0.05, 0) is 45.7 Å². The third kappa shape index (κ3) is 5.01. The minimum absolute atomic E-state index is 0.699. The van der Waals surface area contributed by atoms with E-state index in [0.717, 1.165) is 23.3 Å². The maximum Gasteiger partial charge on any atom is 0.134 e. The molecule has 0 fully saturated rings. The van der Waals surface area contributed by atoms with Crippen molar-refractivity contribution < 1.29 is 4.74 Å². The summed E-state index contributed by atoms with van der Waals surface area (Å²) in [5.41, 5.74) is 0. The van der Waals surface area contributed by atoms with Gasteiger partial charge in [-0.2, -0.15) is 0 Å². The highest BCUT2D eigenvalue weighted by Gasteiger charge is 2.05. The normalized spacial score (nSPS) is 11.0. The number of benzene rings is 2. The smallest absolute Gasteiger partial charge is 0.134 e. The van der Waals surface area contributed by atoms with Gasteiger partial charge in [-0.1, -0.05) is 56.5 Å². The van der Waals surface area contributed by atoms with Gasteiger partial charge in [-0.25, -0.2) is 0 Å². The summed E-state index contributed by atoms with van der Waals surface area (Å²) in [7, 11) is 0. The lowest BCUT2D eigenvalue weighted by molar-refractivity contribution is 0.312. The molecule has 0 aliphatic rings. The van der Waals surface area contributed by atoms with Crippen LogP contribution in [0.5, 0.6) is 5.75 Å². The zero-order valence-corrected chi connectivity index (χ0v) is 14.3. The Kier molecular flexibility index (Phi) is 7.04. The number of hydrogen-bond donors (Lipinski definition) is 1. The first-order chi connectivity index (χ1) is 10.3. The molecule has 21 heavy (non-hydrogen) atoms. The molecule has 2 aromatic rings. The third-order valence-electron chi connectivity index (χ3n) is 3.57. The Morgan fingerprint density at radius 1 is 1.00 bits per heavy atom. The second-order valence-corrected chi connectivity index (χ2v) is 6.05. The standard InChI is InChI=1S/C18H24BrNO/c1-2-3-4-7-12-20-13-14-21-17-11-10-15-8-5-6-9-16(15)18(17)19/h5-6,8-11,20H,2-4,7,12-14H2,1H3. The molecule has 0 bridgehead atoms. The SMILES string of the molecule is CCCCCCNCCOc1ccc2ccccc2c1Br. The van der Waals surface area contributed by atoms with Crippen molar-refractivity contribution in [2.24, 2.45) is 0 Å². The van der Waals surface area contributed by atoms with Crippen LogP contribution in [0.4, 0.5) is 0 Å². The Morgan fingerprint density at radius 3 is 2.71 bits per heavy atom. The number of rotatable bonds is 9. The van der Waals surface area contributed by atoms with Gasteiger partial charge in [0.15, 0.2) is 0 Å². The summed E-state index contributed by atoms with van der Waals surface area (Å²) in [5.74, 6) is 0.918. The summed E-state index contributed by atoms with van der Waals surface area (Å²) in [4.78, 5) is 0. The molecule has 0 unspecified atom stereocenters. The van der Waals surface area contributed by atoms with E-state index in [1.54, 1.807) is 0 Å². The van der Waals surface area contributed by atoms with Crippen LogP contribution < -0.4 is 10.1 Å². The Labute approximate surface area is 136 Å². The summed E-state index contributed by atoms with van der Waals surface area (Å²) in [6.45, 7) is 4.92. The number of halogens is 1. The van der Waals surface area contributed by atoms with Crippen LogP contribution in [0.25, 0.3) is 10.8 Å². The van der Waals surface area contributed by atoms with Gasteiger partial charge in [0.05, 0.1) is 4.47 Å². The molecule has 2 nitrogen and oxygen atoms in total. The Hall–Kier alpha value is -1.06. The maximum atomic E-state index is 5.86. The van der Waals surface area contributed by atoms with Crippen LogP contribution in [0, 0.1) is 0 Å². The summed E-state index contributed by atoms with van der Waals surface area (Å²) in [5, 5.41) is 5.86. The minimum atomic E-state index is 0.699. The molecule has 0 aliphatic heterocycles. The molecule has 0 amide bonds. The first-order valence-electron chi connectivity index (χ1n) is 7.83. The largest absolute Gasteiger partial charge is 0.491 e. The zero-order chi connectivity index (χ0) is 14.9. The number of ether oxygens (including phenoxy) is 1. The van der Waals surface area contributed by atoms with Crippen molar-refractivity contribution in [2.75, 3.05) is 19.7 Å². The van der Waals surface area contributed by atoms with Crippen molar-refractivity contribution in [2.45, 2.75) is 32.6 Å². The van der Waals surface area contributed by atoms with Gasteiger partial charge >= 0.3 is 0 Å². The highest BCUT2D eigenvalue weighted by atomic mass is 79.9. The molecule has 0 spiro atoms. The molecular weight excluding hydrogens is 326 g/mol. The molecule has 0 heterocycles. The molecule has 2 aromatic carbocycles. The van der Waals surface area contributed by atoms with Crippen LogP contribution in [-0.4, -0.2) is 19.7 Å². The molecular formula is C18H24BrNO. The lowest BCUT2D eigenvalue weighted by atomic mass is 10.1. The van der Waals surface area contributed by atoms with E-state index in [4.69, 9.17) is 4.74 Å². The molecule has 3 heteroatoms.